The highest BCUT2D eigenvalue weighted by Crippen LogP contribution is 2.48. The first-order valence-corrected chi connectivity index (χ1v) is 29.7. The molecule has 0 saturated heterocycles. The van der Waals surface area contributed by atoms with Gasteiger partial charge in [0.05, 0.1) is 25.0 Å². The lowest BCUT2D eigenvalue weighted by Crippen LogP contribution is -2.31. The summed E-state index contributed by atoms with van der Waals surface area (Å²) in [6.07, 6.45) is 0. The Morgan fingerprint density at radius 1 is 0.198 bits per heavy atom. The van der Waals surface area contributed by atoms with E-state index >= 15 is 0 Å². The lowest BCUT2D eigenvalue weighted by molar-refractivity contribution is 0.594. The predicted octanol–water partition coefficient (Wildman–Crippen LogP) is 18.0. The predicted molar refractivity (Wildman–Crippen MR) is 329 cm³/mol. The van der Waals surface area contributed by atoms with Crippen molar-refractivity contribution in [3.8, 4) is 22.3 Å². The molecule has 0 aliphatic rings. The van der Waals surface area contributed by atoms with Crippen LogP contribution < -0.4 is 9.80 Å². The molecular formula is C73H54N2O4S2. The number of hydrogen-bond acceptors (Lipinski definition) is 6. The summed E-state index contributed by atoms with van der Waals surface area (Å²) in [5.41, 5.74) is 12.8. The lowest BCUT2D eigenvalue weighted by atomic mass is 9.65. The van der Waals surface area contributed by atoms with Gasteiger partial charge in [0.25, 0.3) is 0 Å². The third-order valence-corrected chi connectivity index (χ3v) is 18.5. The van der Waals surface area contributed by atoms with E-state index in [1.54, 1.807) is 84.9 Å². The molecule has 0 aliphatic carbocycles. The number of nitrogens with zero attached hydrogens (tertiary/aromatic N) is 2. The largest absolute Gasteiger partial charge is 0.311 e. The summed E-state index contributed by atoms with van der Waals surface area (Å²) in [4.78, 5) is 5.48. The van der Waals surface area contributed by atoms with Crippen molar-refractivity contribution >= 4 is 53.8 Å². The van der Waals surface area contributed by atoms with Crippen molar-refractivity contribution in [2.45, 2.75) is 25.0 Å². The molecule has 0 aromatic heterocycles. The van der Waals surface area contributed by atoms with Gasteiger partial charge < -0.3 is 9.80 Å². The van der Waals surface area contributed by atoms with Crippen LogP contribution >= 0.6 is 0 Å². The molecule has 81 heavy (non-hydrogen) atoms. The minimum absolute atomic E-state index is 0.229. The molecule has 392 valence electrons. The average Bonchev–Trinajstić information content (AvgIpc) is 3.65. The Labute approximate surface area is 474 Å². The molecule has 0 fully saturated rings. The van der Waals surface area contributed by atoms with E-state index in [-0.39, 0.29) is 19.6 Å². The number of sulfone groups is 2. The van der Waals surface area contributed by atoms with E-state index in [9.17, 15) is 16.8 Å². The molecule has 0 saturated carbocycles. The van der Waals surface area contributed by atoms with Crippen LogP contribution in [-0.4, -0.2) is 16.8 Å². The molecule has 12 rings (SSSR count). The summed E-state index contributed by atoms with van der Waals surface area (Å²) in [6.45, 7) is 0. The molecule has 0 amide bonds. The first-order chi connectivity index (χ1) is 39.7. The van der Waals surface area contributed by atoms with Gasteiger partial charge in [-0.2, -0.15) is 0 Å². The van der Waals surface area contributed by atoms with Crippen LogP contribution in [0.5, 0.6) is 0 Å². The summed E-state index contributed by atoms with van der Waals surface area (Å²) in [5, 5.41) is 0. The molecule has 0 N–H and O–H groups in total. The highest BCUT2D eigenvalue weighted by atomic mass is 32.2. The minimum atomic E-state index is -3.71. The van der Waals surface area contributed by atoms with Gasteiger partial charge in [-0.05, 0) is 166 Å². The Kier molecular flexibility index (Phi) is 14.4. The van der Waals surface area contributed by atoms with Crippen molar-refractivity contribution in [1.82, 2.24) is 0 Å². The molecule has 12 aromatic rings. The molecule has 6 nitrogen and oxygen atoms in total. The third kappa shape index (κ3) is 10.3. The number of benzene rings is 12. The van der Waals surface area contributed by atoms with Crippen molar-refractivity contribution in [3.05, 3.63) is 350 Å². The molecule has 0 aliphatic heterocycles. The lowest BCUT2D eigenvalue weighted by Gasteiger charge is -2.38. The summed E-state index contributed by atoms with van der Waals surface area (Å²) < 4.78 is 54.5. The van der Waals surface area contributed by atoms with E-state index in [0.717, 1.165) is 78.6 Å². The maximum Gasteiger partial charge on any atom is 0.206 e. The van der Waals surface area contributed by atoms with Crippen LogP contribution in [0.15, 0.2) is 347 Å². The summed E-state index contributed by atoms with van der Waals surface area (Å²) in [6, 6.07) is 108. The molecule has 0 atom stereocenters. The van der Waals surface area contributed by atoms with Gasteiger partial charge in [-0.15, -0.1) is 0 Å². The van der Waals surface area contributed by atoms with Crippen molar-refractivity contribution in [2.24, 2.45) is 0 Å². The highest BCUT2D eigenvalue weighted by Gasteiger charge is 2.39. The Hall–Kier alpha value is -9.86. The van der Waals surface area contributed by atoms with E-state index in [4.69, 9.17) is 0 Å². The van der Waals surface area contributed by atoms with Gasteiger partial charge in [-0.1, -0.05) is 206 Å². The van der Waals surface area contributed by atoms with Crippen LogP contribution in [0.4, 0.5) is 34.1 Å². The summed E-state index contributed by atoms with van der Waals surface area (Å²) in [5.74, 6) is 0. The molecular weight excluding hydrogens is 1030 g/mol. The quantitative estimate of drug-likeness (QED) is 0.0898. The maximum absolute atomic E-state index is 13.6. The number of hydrogen-bond donors (Lipinski definition) is 0. The monoisotopic (exact) mass is 1090 g/mol. The van der Waals surface area contributed by atoms with Crippen LogP contribution in [-0.2, 0) is 25.1 Å². The van der Waals surface area contributed by atoms with Gasteiger partial charge >= 0.3 is 0 Å². The minimum Gasteiger partial charge on any atom is -0.311 e. The topological polar surface area (TPSA) is 74.8 Å². The second kappa shape index (κ2) is 22.5. The van der Waals surface area contributed by atoms with Crippen LogP contribution in [0.25, 0.3) is 22.3 Å². The smallest absolute Gasteiger partial charge is 0.206 e. The number of anilines is 6. The van der Waals surface area contributed by atoms with Crippen LogP contribution in [0, 0.1) is 0 Å². The van der Waals surface area contributed by atoms with Crippen molar-refractivity contribution in [2.75, 3.05) is 9.80 Å². The molecule has 8 heteroatoms. The average molecular weight is 1090 g/mol. The third-order valence-electron chi connectivity index (χ3n) is 14.9. The van der Waals surface area contributed by atoms with Crippen LogP contribution in [0.3, 0.4) is 0 Å². The van der Waals surface area contributed by atoms with Gasteiger partial charge in [-0.25, -0.2) is 16.8 Å². The number of para-hydroxylation sites is 4. The summed E-state index contributed by atoms with van der Waals surface area (Å²) >= 11 is 0. The van der Waals surface area contributed by atoms with Crippen LogP contribution in [0.2, 0.25) is 0 Å². The Morgan fingerprint density at radius 2 is 0.383 bits per heavy atom. The molecule has 12 aromatic carbocycles. The van der Waals surface area contributed by atoms with Crippen LogP contribution in [0.1, 0.15) is 22.3 Å². The standard InChI is InChI=1S/C73H54N2O4S2/c76-80(77,69-27-15-5-16-28-69)71-51-35-57(36-52-71)55-31-39-59(40-32-55)73(61-43-47-67(48-44-61)74(63-19-7-1-8-20-63)64-21-9-2-10-22-64,62-45-49-68(50-46-62)75(65-23-11-3-12-24-65)66-25-13-4-14-26-66)60-41-33-56(34-42-60)58-37-53-72(54-38-58)81(78,79)70-29-17-6-18-30-70/h1-54H. The second-order valence-electron chi connectivity index (χ2n) is 19.7. The van der Waals surface area contributed by atoms with E-state index < -0.39 is 25.1 Å². The molecule has 0 unspecified atom stereocenters. The zero-order valence-corrected chi connectivity index (χ0v) is 45.7. The molecule has 0 heterocycles. The zero-order chi connectivity index (χ0) is 55.2. The summed E-state index contributed by atoms with van der Waals surface area (Å²) in [7, 11) is -7.41. The fraction of sp³-hybridized carbons (Fsp3) is 0.0137. The van der Waals surface area contributed by atoms with Gasteiger partial charge in [0.15, 0.2) is 0 Å². The second-order valence-corrected chi connectivity index (χ2v) is 23.6. The first kappa shape index (κ1) is 51.9. The maximum atomic E-state index is 13.6. The van der Waals surface area contributed by atoms with E-state index in [0.29, 0.717) is 0 Å². The van der Waals surface area contributed by atoms with Gasteiger partial charge in [0.1, 0.15) is 0 Å². The fourth-order valence-electron chi connectivity index (χ4n) is 10.9. The molecule has 0 bridgehead atoms. The van der Waals surface area contributed by atoms with E-state index in [1.807, 2.05) is 48.5 Å². The van der Waals surface area contributed by atoms with Gasteiger partial charge in [0, 0.05) is 34.1 Å². The van der Waals surface area contributed by atoms with Gasteiger partial charge in [-0.3, -0.25) is 0 Å². The normalized spacial score (nSPS) is 11.7. The van der Waals surface area contributed by atoms with Crippen molar-refractivity contribution in [3.63, 3.8) is 0 Å². The van der Waals surface area contributed by atoms with Gasteiger partial charge in [0.2, 0.25) is 19.7 Å². The SMILES string of the molecule is O=S(=O)(c1ccccc1)c1ccc(-c2ccc(C(c3ccc(-c4ccc(S(=O)(=O)c5ccccc5)cc4)cc3)(c3ccc(N(c4ccccc4)c4ccccc4)cc3)c3ccc(N(c4ccccc4)c4ccccc4)cc3)cc2)cc1. The Balaban J connectivity index is 1.02. The molecule has 0 radical (unpaired) electrons. The van der Waals surface area contributed by atoms with Crippen molar-refractivity contribution < 1.29 is 16.8 Å². The first-order valence-electron chi connectivity index (χ1n) is 26.7. The fourth-order valence-corrected chi connectivity index (χ4v) is 13.4. The van der Waals surface area contributed by atoms with Crippen molar-refractivity contribution in [1.29, 1.82) is 0 Å². The van der Waals surface area contributed by atoms with E-state index in [2.05, 4.69) is 204 Å². The zero-order valence-electron chi connectivity index (χ0n) is 44.0. The van der Waals surface area contributed by atoms with E-state index in [1.165, 1.54) is 0 Å². The Morgan fingerprint density at radius 3 is 0.630 bits per heavy atom. The highest BCUT2D eigenvalue weighted by molar-refractivity contribution is 7.91. The number of rotatable bonds is 16. The molecule has 0 spiro atoms. The Bertz CT molecular complexity index is 3910.